The van der Waals surface area contributed by atoms with Crippen LogP contribution in [0.5, 0.6) is 0 Å². The Hall–Kier alpha value is -0.0757. The number of halogens is 1. The molecule has 0 saturated heterocycles. The van der Waals surface area contributed by atoms with Crippen molar-refractivity contribution in [3.63, 3.8) is 0 Å². The van der Waals surface area contributed by atoms with Gasteiger partial charge in [0.2, 0.25) is 0 Å². The summed E-state index contributed by atoms with van der Waals surface area (Å²) in [6.07, 6.45) is 12.6. The molecule has 0 aliphatic heterocycles. The molecule has 0 saturated carbocycles. The summed E-state index contributed by atoms with van der Waals surface area (Å²) in [7, 11) is 0. The normalized spacial score (nSPS) is 13.2. The summed E-state index contributed by atoms with van der Waals surface area (Å²) in [5.74, 6) is 0. The van der Waals surface area contributed by atoms with Crippen LogP contribution in [0, 0.1) is 0 Å². The van der Waals surface area contributed by atoms with Crippen LogP contribution in [-0.4, -0.2) is 6.61 Å². The molecule has 97 valence electrons. The van der Waals surface area contributed by atoms with Gasteiger partial charge in [-0.1, -0.05) is 0 Å². The molecule has 0 aromatic heterocycles. The number of hydrogen-bond donors (Lipinski definition) is 0. The van der Waals surface area contributed by atoms with Gasteiger partial charge in [-0.2, -0.15) is 0 Å². The molecule has 0 bridgehead atoms. The number of rotatable bonds is 6. The predicted octanol–water partition coefficient (Wildman–Crippen LogP) is 4.94. The first-order chi connectivity index (χ1) is 7.67. The van der Waals surface area contributed by atoms with Crippen molar-refractivity contribution in [2.75, 3.05) is 6.61 Å². The SMILES string of the molecule is CC=CC=[C](C)[Ti]([O]CC)[C](C)=CC=CC.Cl. The third-order valence-electron chi connectivity index (χ3n) is 2.08. The molecule has 0 rings (SSSR count). The fourth-order valence-corrected chi connectivity index (χ4v) is 4.22. The molecule has 17 heavy (non-hydrogen) atoms. The van der Waals surface area contributed by atoms with Gasteiger partial charge in [0, 0.05) is 0 Å². The summed E-state index contributed by atoms with van der Waals surface area (Å²) < 4.78 is 8.72. The minimum atomic E-state index is -1.66. The Balaban J connectivity index is 0. The molecule has 0 spiro atoms. The van der Waals surface area contributed by atoms with E-state index in [1.54, 1.807) is 0 Å². The van der Waals surface area contributed by atoms with Gasteiger partial charge in [0.15, 0.2) is 0 Å². The van der Waals surface area contributed by atoms with Crippen LogP contribution >= 0.6 is 12.4 Å². The third-order valence-corrected chi connectivity index (χ3v) is 5.74. The van der Waals surface area contributed by atoms with Crippen molar-refractivity contribution in [1.82, 2.24) is 0 Å². The first kappa shape index (κ1) is 19.3. The monoisotopic (exact) mass is 291 g/mol. The van der Waals surface area contributed by atoms with Crippen LogP contribution in [-0.2, 0) is 21.6 Å². The summed E-state index contributed by atoms with van der Waals surface area (Å²) in [5.41, 5.74) is 0. The van der Waals surface area contributed by atoms with Crippen molar-refractivity contribution < 1.29 is 21.6 Å². The van der Waals surface area contributed by atoms with Crippen molar-refractivity contribution in [1.29, 1.82) is 0 Å². The van der Waals surface area contributed by atoms with Gasteiger partial charge in [-0.3, -0.25) is 0 Å². The molecule has 3 heteroatoms. The topological polar surface area (TPSA) is 9.23 Å². The van der Waals surface area contributed by atoms with E-state index in [4.69, 9.17) is 3.32 Å². The third kappa shape index (κ3) is 8.62. The quantitative estimate of drug-likeness (QED) is 0.497. The standard InChI is InChI=1S/2C6H9.C2H5O.ClH.Ti/c2*1-3-5-6-4-2;1-2-3;;/h2*3,5-6H,1-2H3;2H2,1H3;1H;/q;;-1;;+1. The molecule has 1 nitrogen and oxygen atoms in total. The molecule has 0 amide bonds. The van der Waals surface area contributed by atoms with Gasteiger partial charge < -0.3 is 0 Å². The fraction of sp³-hybridized carbons (Fsp3) is 0.429. The first-order valence-corrected chi connectivity index (χ1v) is 7.96. The van der Waals surface area contributed by atoms with E-state index in [1.807, 2.05) is 13.8 Å². The van der Waals surface area contributed by atoms with Gasteiger partial charge in [0.25, 0.3) is 0 Å². The Bertz CT molecular complexity index is 275. The van der Waals surface area contributed by atoms with Crippen molar-refractivity contribution in [2.45, 2.75) is 34.6 Å². The molecule has 0 aliphatic rings. The molecule has 0 aliphatic carbocycles. The average Bonchev–Trinajstić information content (AvgIpc) is 2.29. The largest absolute Gasteiger partial charge is 0.147 e. The molecule has 0 aromatic carbocycles. The van der Waals surface area contributed by atoms with Crippen LogP contribution in [0.1, 0.15) is 34.6 Å². The molecular formula is C14H24ClOTi. The van der Waals surface area contributed by atoms with E-state index in [0.29, 0.717) is 0 Å². The molecule has 0 unspecified atom stereocenters. The van der Waals surface area contributed by atoms with E-state index < -0.39 is 18.3 Å². The van der Waals surface area contributed by atoms with Crippen LogP contribution in [0.4, 0.5) is 0 Å². The zero-order valence-corrected chi connectivity index (χ0v) is 13.9. The Kier molecular flexibility index (Phi) is 14.0. The summed E-state index contributed by atoms with van der Waals surface area (Å²) >= 11 is -1.66. The van der Waals surface area contributed by atoms with E-state index in [1.165, 1.54) is 7.76 Å². The maximum atomic E-state index is 5.92. The fourth-order valence-electron chi connectivity index (χ4n) is 1.32. The Labute approximate surface area is 119 Å². The van der Waals surface area contributed by atoms with E-state index in [2.05, 4.69) is 57.2 Å². The van der Waals surface area contributed by atoms with Gasteiger partial charge in [-0.15, -0.1) is 12.4 Å². The van der Waals surface area contributed by atoms with Crippen LogP contribution in [0.25, 0.3) is 0 Å². The number of allylic oxidation sites excluding steroid dienone is 8. The zero-order valence-electron chi connectivity index (χ0n) is 11.5. The molecule has 0 heterocycles. The van der Waals surface area contributed by atoms with Crippen molar-refractivity contribution in [3.05, 3.63) is 44.2 Å². The second kappa shape index (κ2) is 12.4. The second-order valence-corrected chi connectivity index (χ2v) is 7.45. The Morgan fingerprint density at radius 2 is 1.41 bits per heavy atom. The molecule has 0 fully saturated rings. The van der Waals surface area contributed by atoms with Crippen molar-refractivity contribution >= 4 is 12.4 Å². The summed E-state index contributed by atoms with van der Waals surface area (Å²) in [6, 6.07) is 0. The minimum Gasteiger partial charge on any atom is -0.147 e. The first-order valence-electron chi connectivity index (χ1n) is 5.77. The van der Waals surface area contributed by atoms with Crippen LogP contribution < -0.4 is 0 Å². The van der Waals surface area contributed by atoms with Gasteiger partial charge in [0.05, 0.1) is 0 Å². The summed E-state index contributed by atoms with van der Waals surface area (Å²) in [5, 5.41) is 0. The van der Waals surface area contributed by atoms with Crippen molar-refractivity contribution in [2.24, 2.45) is 0 Å². The van der Waals surface area contributed by atoms with Gasteiger partial charge in [-0.05, 0) is 0 Å². The maximum absolute atomic E-state index is 5.92. The summed E-state index contributed by atoms with van der Waals surface area (Å²) in [6.45, 7) is 11.3. The van der Waals surface area contributed by atoms with E-state index in [9.17, 15) is 0 Å². The van der Waals surface area contributed by atoms with E-state index >= 15 is 0 Å². The zero-order chi connectivity index (χ0) is 12.4. The molecule has 0 atom stereocenters. The molecule has 0 aromatic rings. The maximum Gasteiger partial charge on any atom is -0.147 e. The number of hydrogen-bond acceptors (Lipinski definition) is 1. The molecule has 0 radical (unpaired) electrons. The van der Waals surface area contributed by atoms with Crippen LogP contribution in [0.2, 0.25) is 0 Å². The van der Waals surface area contributed by atoms with Gasteiger partial charge in [0.1, 0.15) is 0 Å². The van der Waals surface area contributed by atoms with E-state index in [-0.39, 0.29) is 12.4 Å². The Morgan fingerprint density at radius 3 is 1.71 bits per heavy atom. The smallest absolute Gasteiger partial charge is 0.147 e. The van der Waals surface area contributed by atoms with Crippen LogP contribution in [0.3, 0.4) is 0 Å². The minimum absolute atomic E-state index is 0. The van der Waals surface area contributed by atoms with E-state index in [0.717, 1.165) is 6.61 Å². The average molecular weight is 292 g/mol. The molecule has 0 N–H and O–H groups in total. The Morgan fingerprint density at radius 1 is 1.00 bits per heavy atom. The second-order valence-electron chi connectivity index (χ2n) is 3.51. The summed E-state index contributed by atoms with van der Waals surface area (Å²) in [4.78, 5) is 0. The van der Waals surface area contributed by atoms with Crippen LogP contribution in [0.15, 0.2) is 44.2 Å². The van der Waals surface area contributed by atoms with Gasteiger partial charge >= 0.3 is 107 Å². The predicted molar refractivity (Wildman–Crippen MR) is 76.0 cm³/mol. The van der Waals surface area contributed by atoms with Gasteiger partial charge in [-0.25, -0.2) is 0 Å². The molecular weight excluding hydrogens is 267 g/mol. The van der Waals surface area contributed by atoms with Crippen molar-refractivity contribution in [3.8, 4) is 0 Å².